The smallest absolute Gasteiger partial charge is 0.119 e. The molecule has 1 aliphatic carbocycles. The van der Waals surface area contributed by atoms with Crippen molar-refractivity contribution in [3.63, 3.8) is 0 Å². The highest BCUT2D eigenvalue weighted by molar-refractivity contribution is 5.30. The topological polar surface area (TPSA) is 35.2 Å². The normalized spacial score (nSPS) is 16.1. The molecule has 1 atom stereocenters. The van der Waals surface area contributed by atoms with Gasteiger partial charge < -0.3 is 10.5 Å². The van der Waals surface area contributed by atoms with E-state index in [9.17, 15) is 0 Å². The molecule has 2 N–H and O–H groups in total. The SMILES string of the molecule is N[C@@H](c1ccc(OCc2ccccc2)cc1)C1CC1. The second kappa shape index (κ2) is 5.45. The Kier molecular flexibility index (Phi) is 3.51. The van der Waals surface area contributed by atoms with Gasteiger partial charge in [-0.25, -0.2) is 0 Å². The zero-order valence-electron chi connectivity index (χ0n) is 11.0. The summed E-state index contributed by atoms with van der Waals surface area (Å²) in [5.74, 6) is 1.59. The maximum Gasteiger partial charge on any atom is 0.119 e. The van der Waals surface area contributed by atoms with E-state index in [-0.39, 0.29) is 6.04 Å². The zero-order valence-corrected chi connectivity index (χ0v) is 11.0. The Hall–Kier alpha value is -1.80. The van der Waals surface area contributed by atoms with Crippen LogP contribution in [0.5, 0.6) is 5.75 Å². The summed E-state index contributed by atoms with van der Waals surface area (Å²) in [5.41, 5.74) is 8.57. The van der Waals surface area contributed by atoms with Crippen molar-refractivity contribution in [1.29, 1.82) is 0 Å². The summed E-state index contributed by atoms with van der Waals surface area (Å²) < 4.78 is 5.76. The van der Waals surface area contributed by atoms with Crippen molar-refractivity contribution in [3.05, 3.63) is 65.7 Å². The molecular formula is C17H19NO. The maximum absolute atomic E-state index is 6.17. The monoisotopic (exact) mass is 253 g/mol. The van der Waals surface area contributed by atoms with E-state index < -0.39 is 0 Å². The van der Waals surface area contributed by atoms with Gasteiger partial charge >= 0.3 is 0 Å². The molecule has 2 aromatic rings. The Morgan fingerprint density at radius 1 is 1.00 bits per heavy atom. The molecule has 1 fully saturated rings. The van der Waals surface area contributed by atoms with E-state index in [0.29, 0.717) is 12.5 Å². The third-order valence-corrected chi connectivity index (χ3v) is 3.64. The fourth-order valence-electron chi connectivity index (χ4n) is 2.25. The van der Waals surface area contributed by atoms with Crippen LogP contribution in [0.1, 0.15) is 30.0 Å². The van der Waals surface area contributed by atoms with Crippen LogP contribution >= 0.6 is 0 Å². The molecule has 2 heteroatoms. The predicted octanol–water partition coefficient (Wildman–Crippen LogP) is 3.68. The number of rotatable bonds is 5. The van der Waals surface area contributed by atoms with Crippen LogP contribution in [0.2, 0.25) is 0 Å². The van der Waals surface area contributed by atoms with Crippen LogP contribution in [0.3, 0.4) is 0 Å². The van der Waals surface area contributed by atoms with E-state index >= 15 is 0 Å². The lowest BCUT2D eigenvalue weighted by molar-refractivity contribution is 0.306. The van der Waals surface area contributed by atoms with Gasteiger partial charge in [0.1, 0.15) is 12.4 Å². The van der Waals surface area contributed by atoms with E-state index in [0.717, 1.165) is 5.75 Å². The Bertz CT molecular complexity index is 517. The molecule has 98 valence electrons. The number of ether oxygens (including phenoxy) is 1. The minimum atomic E-state index is 0.197. The lowest BCUT2D eigenvalue weighted by atomic mass is 10.0. The molecule has 3 rings (SSSR count). The molecule has 0 heterocycles. The Morgan fingerprint density at radius 3 is 2.32 bits per heavy atom. The molecule has 0 unspecified atom stereocenters. The lowest BCUT2D eigenvalue weighted by Gasteiger charge is -2.12. The first kappa shape index (κ1) is 12.2. The number of benzene rings is 2. The molecule has 0 saturated heterocycles. The summed E-state index contributed by atoms with van der Waals surface area (Å²) in [4.78, 5) is 0. The molecule has 0 aliphatic heterocycles. The molecule has 1 saturated carbocycles. The summed E-state index contributed by atoms with van der Waals surface area (Å²) >= 11 is 0. The highest BCUT2D eigenvalue weighted by atomic mass is 16.5. The molecule has 0 bridgehead atoms. The summed E-state index contributed by atoms with van der Waals surface area (Å²) in [5, 5.41) is 0. The van der Waals surface area contributed by atoms with Crippen LogP contribution in [0.4, 0.5) is 0 Å². The van der Waals surface area contributed by atoms with Gasteiger partial charge in [0.15, 0.2) is 0 Å². The van der Waals surface area contributed by atoms with Gasteiger partial charge in [-0.2, -0.15) is 0 Å². The van der Waals surface area contributed by atoms with Crippen LogP contribution in [-0.4, -0.2) is 0 Å². The molecule has 0 aromatic heterocycles. The minimum Gasteiger partial charge on any atom is -0.489 e. The number of nitrogens with two attached hydrogens (primary N) is 1. The van der Waals surface area contributed by atoms with E-state index in [1.165, 1.54) is 24.0 Å². The molecule has 0 amide bonds. The van der Waals surface area contributed by atoms with E-state index in [2.05, 4.69) is 24.3 Å². The van der Waals surface area contributed by atoms with Gasteiger partial charge in [0.05, 0.1) is 0 Å². The van der Waals surface area contributed by atoms with Gasteiger partial charge in [-0.15, -0.1) is 0 Å². The van der Waals surface area contributed by atoms with Crippen LogP contribution in [0.25, 0.3) is 0 Å². The largest absolute Gasteiger partial charge is 0.489 e. The molecule has 0 radical (unpaired) electrons. The van der Waals surface area contributed by atoms with Crippen molar-refractivity contribution < 1.29 is 4.74 Å². The van der Waals surface area contributed by atoms with E-state index in [4.69, 9.17) is 10.5 Å². The molecule has 2 aromatic carbocycles. The fraction of sp³-hybridized carbons (Fsp3) is 0.294. The Balaban J connectivity index is 1.59. The average molecular weight is 253 g/mol. The summed E-state index contributed by atoms with van der Waals surface area (Å²) in [6.45, 7) is 0.606. The molecule has 0 spiro atoms. The number of hydrogen-bond donors (Lipinski definition) is 1. The Labute approximate surface area is 114 Å². The van der Waals surface area contributed by atoms with Crippen LogP contribution < -0.4 is 10.5 Å². The zero-order chi connectivity index (χ0) is 13.1. The Morgan fingerprint density at radius 2 is 1.68 bits per heavy atom. The minimum absolute atomic E-state index is 0.197. The standard InChI is InChI=1S/C17H19NO/c18-17(14-6-7-14)15-8-10-16(11-9-15)19-12-13-4-2-1-3-5-13/h1-5,8-11,14,17H,6-7,12,18H2/t17-/m1/s1. The van der Waals surface area contributed by atoms with Crippen LogP contribution in [-0.2, 0) is 6.61 Å². The maximum atomic E-state index is 6.17. The molecule has 19 heavy (non-hydrogen) atoms. The third-order valence-electron chi connectivity index (χ3n) is 3.64. The second-order valence-corrected chi connectivity index (χ2v) is 5.21. The van der Waals surface area contributed by atoms with Crippen molar-refractivity contribution in [3.8, 4) is 5.75 Å². The van der Waals surface area contributed by atoms with Gasteiger partial charge in [-0.05, 0) is 42.0 Å². The predicted molar refractivity (Wildman–Crippen MR) is 76.9 cm³/mol. The van der Waals surface area contributed by atoms with Gasteiger partial charge in [0.2, 0.25) is 0 Å². The average Bonchev–Trinajstić information content (AvgIpc) is 3.31. The van der Waals surface area contributed by atoms with Gasteiger partial charge in [-0.3, -0.25) is 0 Å². The first-order valence-corrected chi connectivity index (χ1v) is 6.85. The molecular weight excluding hydrogens is 234 g/mol. The lowest BCUT2D eigenvalue weighted by Crippen LogP contribution is -2.11. The number of hydrogen-bond acceptors (Lipinski definition) is 2. The quantitative estimate of drug-likeness (QED) is 0.882. The van der Waals surface area contributed by atoms with Crippen molar-refractivity contribution in [1.82, 2.24) is 0 Å². The first-order chi connectivity index (χ1) is 9.33. The van der Waals surface area contributed by atoms with Crippen LogP contribution in [0.15, 0.2) is 54.6 Å². The molecule has 1 aliphatic rings. The third kappa shape index (κ3) is 3.15. The first-order valence-electron chi connectivity index (χ1n) is 6.85. The van der Waals surface area contributed by atoms with Crippen molar-refractivity contribution in [2.75, 3.05) is 0 Å². The second-order valence-electron chi connectivity index (χ2n) is 5.21. The van der Waals surface area contributed by atoms with Gasteiger partial charge in [-0.1, -0.05) is 42.5 Å². The highest BCUT2D eigenvalue weighted by Gasteiger charge is 2.29. The van der Waals surface area contributed by atoms with Gasteiger partial charge in [0.25, 0.3) is 0 Å². The fourth-order valence-corrected chi connectivity index (χ4v) is 2.25. The van der Waals surface area contributed by atoms with Gasteiger partial charge in [0, 0.05) is 6.04 Å². The van der Waals surface area contributed by atoms with E-state index in [1.54, 1.807) is 0 Å². The molecule has 2 nitrogen and oxygen atoms in total. The van der Waals surface area contributed by atoms with E-state index in [1.807, 2.05) is 30.3 Å². The summed E-state index contributed by atoms with van der Waals surface area (Å²) in [6, 6.07) is 18.6. The van der Waals surface area contributed by atoms with Crippen molar-refractivity contribution >= 4 is 0 Å². The summed E-state index contributed by atoms with van der Waals surface area (Å²) in [6.07, 6.45) is 2.54. The van der Waals surface area contributed by atoms with Crippen molar-refractivity contribution in [2.24, 2.45) is 11.7 Å². The van der Waals surface area contributed by atoms with Crippen molar-refractivity contribution in [2.45, 2.75) is 25.5 Å². The van der Waals surface area contributed by atoms with Crippen LogP contribution in [0, 0.1) is 5.92 Å². The highest BCUT2D eigenvalue weighted by Crippen LogP contribution is 2.39. The summed E-state index contributed by atoms with van der Waals surface area (Å²) in [7, 11) is 0.